The van der Waals surface area contributed by atoms with Crippen LogP contribution in [0.1, 0.15) is 40.8 Å². The van der Waals surface area contributed by atoms with E-state index in [1.807, 2.05) is 13.0 Å². The Morgan fingerprint density at radius 2 is 1.86 bits per heavy atom. The van der Waals surface area contributed by atoms with E-state index in [2.05, 4.69) is 28.4 Å². The molecule has 9 heteroatoms. The molecule has 9 nitrogen and oxygen atoms in total. The van der Waals surface area contributed by atoms with E-state index in [0.29, 0.717) is 17.3 Å². The maximum atomic E-state index is 11.0. The number of fused-ring (bicyclic) bond motifs is 2. The average molecular weight is 485 g/mol. The molecule has 2 aromatic carbocycles. The van der Waals surface area contributed by atoms with Crippen LogP contribution in [0.2, 0.25) is 0 Å². The lowest BCUT2D eigenvalue weighted by Gasteiger charge is -2.45. The molecule has 35 heavy (non-hydrogen) atoms. The van der Waals surface area contributed by atoms with Gasteiger partial charge in [-0.1, -0.05) is 18.2 Å². The number of aliphatic hydroxyl groups is 5. The van der Waals surface area contributed by atoms with Gasteiger partial charge < -0.3 is 35.0 Å². The van der Waals surface area contributed by atoms with E-state index < -0.39 is 37.0 Å². The van der Waals surface area contributed by atoms with Crippen LogP contribution < -0.4 is 4.74 Å². The number of H-pyrrole nitrogens is 1. The molecule has 5 atom stereocenters. The van der Waals surface area contributed by atoms with Crippen LogP contribution >= 0.6 is 0 Å². The highest BCUT2D eigenvalue weighted by atomic mass is 16.7. The first-order chi connectivity index (χ1) is 16.8. The minimum absolute atomic E-state index is 0.188. The fourth-order valence-corrected chi connectivity index (χ4v) is 5.16. The number of aromatic amines is 1. The number of aliphatic hydroxyl groups excluding tert-OH is 4. The Bertz CT molecular complexity index is 1210. The molecular weight excluding hydrogens is 452 g/mol. The Morgan fingerprint density at radius 1 is 1.09 bits per heavy atom. The first-order valence-corrected chi connectivity index (χ1v) is 12.1. The average Bonchev–Trinajstić information content (AvgIpc) is 3.26. The van der Waals surface area contributed by atoms with Crippen LogP contribution in [0.5, 0.6) is 5.75 Å². The lowest BCUT2D eigenvalue weighted by atomic mass is 9.89. The van der Waals surface area contributed by atoms with Crippen molar-refractivity contribution in [2.24, 2.45) is 0 Å². The summed E-state index contributed by atoms with van der Waals surface area (Å²) in [7, 11) is 0. The molecule has 2 heterocycles. The second-order valence-electron chi connectivity index (χ2n) is 9.67. The van der Waals surface area contributed by atoms with Gasteiger partial charge in [0.25, 0.3) is 5.79 Å². The van der Waals surface area contributed by atoms with Crippen LogP contribution in [0.3, 0.4) is 0 Å². The van der Waals surface area contributed by atoms with Gasteiger partial charge in [0.05, 0.1) is 17.5 Å². The quantitative estimate of drug-likeness (QED) is 0.284. The normalized spacial score (nSPS) is 28.7. The molecule has 0 unspecified atom stereocenters. The predicted octanol–water partition coefficient (Wildman–Crippen LogP) is 1.03. The third-order valence-electron chi connectivity index (χ3n) is 7.15. The highest BCUT2D eigenvalue weighted by Crippen LogP contribution is 2.37. The number of nitrogens with zero attached hydrogens (tertiary/aromatic N) is 1. The smallest absolute Gasteiger partial charge is 0.288 e. The molecule has 0 amide bonds. The van der Waals surface area contributed by atoms with Gasteiger partial charge in [-0.25, -0.2) is 0 Å². The number of aryl methyl sites for hydroxylation is 5. The summed E-state index contributed by atoms with van der Waals surface area (Å²) in [5.74, 6) is -2.47. The van der Waals surface area contributed by atoms with E-state index in [1.54, 1.807) is 6.07 Å². The van der Waals surface area contributed by atoms with Crippen LogP contribution in [0.4, 0.5) is 0 Å². The molecule has 1 saturated heterocycles. The molecule has 1 aliphatic heterocycles. The monoisotopic (exact) mass is 484 g/mol. The lowest BCUT2D eigenvalue weighted by Crippen LogP contribution is -2.69. The lowest BCUT2D eigenvalue weighted by molar-refractivity contribution is -0.385. The largest absolute Gasteiger partial charge is 0.453 e. The molecule has 1 fully saturated rings. The van der Waals surface area contributed by atoms with Crippen molar-refractivity contribution in [1.82, 2.24) is 10.2 Å². The van der Waals surface area contributed by atoms with Crippen LogP contribution in [0.15, 0.2) is 30.3 Å². The molecule has 1 aliphatic carbocycles. The Labute approximate surface area is 202 Å². The van der Waals surface area contributed by atoms with Crippen molar-refractivity contribution in [2.45, 2.75) is 75.8 Å². The van der Waals surface area contributed by atoms with Crippen LogP contribution in [-0.4, -0.2) is 72.7 Å². The third kappa shape index (κ3) is 4.44. The van der Waals surface area contributed by atoms with Crippen molar-refractivity contribution in [3.63, 3.8) is 0 Å². The topological polar surface area (TPSA) is 148 Å². The minimum Gasteiger partial charge on any atom is -0.453 e. The van der Waals surface area contributed by atoms with Gasteiger partial charge in [-0.2, -0.15) is 5.10 Å². The molecular formula is C26H32N2O7. The molecule has 6 N–H and O–H groups in total. The first kappa shape index (κ1) is 24.2. The molecule has 5 rings (SSSR count). The van der Waals surface area contributed by atoms with Gasteiger partial charge in [0.2, 0.25) is 6.29 Å². The van der Waals surface area contributed by atoms with Crippen molar-refractivity contribution in [3.8, 4) is 5.75 Å². The van der Waals surface area contributed by atoms with E-state index >= 15 is 0 Å². The number of aromatic nitrogens is 2. The zero-order chi connectivity index (χ0) is 24.7. The minimum atomic E-state index is -2.65. The maximum Gasteiger partial charge on any atom is 0.288 e. The molecule has 0 spiro atoms. The van der Waals surface area contributed by atoms with Crippen LogP contribution in [0.25, 0.3) is 10.9 Å². The van der Waals surface area contributed by atoms with Gasteiger partial charge in [-0.3, -0.25) is 5.10 Å². The summed E-state index contributed by atoms with van der Waals surface area (Å²) >= 11 is 0. The van der Waals surface area contributed by atoms with Crippen molar-refractivity contribution < 1.29 is 35.0 Å². The Balaban J connectivity index is 1.43. The zero-order valence-corrected chi connectivity index (χ0v) is 19.6. The summed E-state index contributed by atoms with van der Waals surface area (Å²) in [5.41, 5.74) is 6.27. The SMILES string of the molecule is Cc1cc(O[C@]2(O)[C@H](O)O[C@H](CO)[C@@H](O)[C@@H]2O)c2c(CCc3ccc4c(c3)CCCC4)[nH]nc2c1. The van der Waals surface area contributed by atoms with E-state index in [1.165, 1.54) is 29.5 Å². The fourth-order valence-electron chi connectivity index (χ4n) is 5.16. The molecule has 3 aromatic rings. The van der Waals surface area contributed by atoms with E-state index in [4.69, 9.17) is 9.47 Å². The van der Waals surface area contributed by atoms with Crippen LogP contribution in [0, 0.1) is 6.92 Å². The second kappa shape index (κ2) is 9.50. The number of hydrogen-bond donors (Lipinski definition) is 6. The maximum absolute atomic E-state index is 11.0. The standard InChI is InChI=1S/C26H32N2O7/c1-14-10-19-22(20(11-14)35-26(33)24(31)23(30)21(13-29)34-25(26)32)18(27-28-19)9-7-15-6-8-16-4-2-3-5-17(16)12-15/h6,8,10-12,21,23-25,29-33H,2-5,7,9,13H2,1H3,(H,27,28)/t21-,23-,24+,25-,26+/m1/s1. The first-order valence-electron chi connectivity index (χ1n) is 12.1. The Morgan fingerprint density at radius 3 is 2.63 bits per heavy atom. The van der Waals surface area contributed by atoms with Crippen molar-refractivity contribution in [3.05, 3.63) is 58.3 Å². The molecule has 0 bridgehead atoms. The van der Waals surface area contributed by atoms with Gasteiger partial charge in [0.1, 0.15) is 18.0 Å². The third-order valence-corrected chi connectivity index (χ3v) is 7.15. The highest BCUT2D eigenvalue weighted by Gasteiger charge is 2.57. The Hall–Kier alpha value is -2.53. The summed E-state index contributed by atoms with van der Waals surface area (Å²) in [6.45, 7) is 1.19. The number of hydrogen-bond acceptors (Lipinski definition) is 8. The van der Waals surface area contributed by atoms with E-state index in [0.717, 1.165) is 30.5 Å². The van der Waals surface area contributed by atoms with Gasteiger partial charge in [0.15, 0.2) is 6.10 Å². The number of ether oxygens (including phenoxy) is 2. The van der Waals surface area contributed by atoms with Crippen molar-refractivity contribution in [2.75, 3.05) is 6.61 Å². The summed E-state index contributed by atoms with van der Waals surface area (Å²) < 4.78 is 10.9. The Kier molecular flexibility index (Phi) is 6.56. The van der Waals surface area contributed by atoms with Crippen molar-refractivity contribution >= 4 is 10.9 Å². The summed E-state index contributed by atoms with van der Waals surface area (Å²) in [5, 5.41) is 59.6. The van der Waals surface area contributed by atoms with Gasteiger partial charge >= 0.3 is 0 Å². The predicted molar refractivity (Wildman–Crippen MR) is 127 cm³/mol. The molecule has 1 aromatic heterocycles. The van der Waals surface area contributed by atoms with E-state index in [-0.39, 0.29) is 5.75 Å². The highest BCUT2D eigenvalue weighted by molar-refractivity contribution is 5.88. The molecule has 188 valence electrons. The summed E-state index contributed by atoms with van der Waals surface area (Å²) in [6.07, 6.45) is -0.737. The molecule has 2 aliphatic rings. The number of nitrogens with one attached hydrogen (secondary N) is 1. The van der Waals surface area contributed by atoms with Gasteiger partial charge in [-0.15, -0.1) is 0 Å². The van der Waals surface area contributed by atoms with E-state index in [9.17, 15) is 25.5 Å². The number of rotatable bonds is 6. The molecule has 0 saturated carbocycles. The van der Waals surface area contributed by atoms with Crippen LogP contribution in [-0.2, 0) is 30.4 Å². The molecule has 0 radical (unpaired) electrons. The van der Waals surface area contributed by atoms with Gasteiger partial charge in [0, 0.05) is 5.69 Å². The zero-order valence-electron chi connectivity index (χ0n) is 19.6. The van der Waals surface area contributed by atoms with Gasteiger partial charge in [-0.05, 0) is 79.8 Å². The number of benzene rings is 2. The summed E-state index contributed by atoms with van der Waals surface area (Å²) in [4.78, 5) is 0. The fraction of sp³-hybridized carbons (Fsp3) is 0.500. The summed E-state index contributed by atoms with van der Waals surface area (Å²) in [6, 6.07) is 10.2. The second-order valence-corrected chi connectivity index (χ2v) is 9.67. The van der Waals surface area contributed by atoms with Crippen molar-refractivity contribution in [1.29, 1.82) is 0 Å².